The Morgan fingerprint density at radius 1 is 0.344 bits per heavy atom. The van der Waals surface area contributed by atoms with E-state index in [0.29, 0.717) is 74.1 Å². The van der Waals surface area contributed by atoms with Crippen molar-refractivity contribution in [2.24, 2.45) is 0 Å². The summed E-state index contributed by atoms with van der Waals surface area (Å²) in [6.07, 6.45) is 5.28. The number of carbonyl (C=O) groups is 12. The Balaban J connectivity index is 0.000000563. The third-order valence-electron chi connectivity index (χ3n) is 14.0. The van der Waals surface area contributed by atoms with E-state index in [1.54, 1.807) is 58.1 Å². The number of nitrogens with one attached hydrogen (secondary N) is 4. The van der Waals surface area contributed by atoms with Gasteiger partial charge in [-0.15, -0.1) is 11.8 Å². The normalized spacial score (nSPS) is 18.8. The first-order valence-electron chi connectivity index (χ1n) is 32.5. The molecule has 4 N–H and O–H groups in total. The second-order valence-electron chi connectivity index (χ2n) is 20.6. The fourth-order valence-corrected chi connectivity index (χ4v) is 10.0. The van der Waals surface area contributed by atoms with Crippen LogP contribution in [0.5, 0.6) is 0 Å². The fourth-order valence-electron chi connectivity index (χ4n) is 10.0. The zero-order valence-corrected chi connectivity index (χ0v) is 57.5. The van der Waals surface area contributed by atoms with Crippen LogP contribution in [0.25, 0.3) is 0 Å². The number of nitrogens with zero attached hydrogens (tertiary/aromatic N) is 4. The van der Waals surface area contributed by atoms with E-state index in [9.17, 15) is 57.5 Å². The molecule has 8 heterocycles. The Morgan fingerprint density at radius 3 is 0.645 bits per heavy atom. The Bertz CT molecular complexity index is 2810. The van der Waals surface area contributed by atoms with Crippen molar-refractivity contribution in [3.8, 4) is 11.8 Å². The van der Waals surface area contributed by atoms with Crippen molar-refractivity contribution in [1.82, 2.24) is 40.9 Å². The number of methoxy groups -OCH3 is 1. The zero-order valence-electron chi connectivity index (χ0n) is 57.5. The summed E-state index contributed by atoms with van der Waals surface area (Å²) >= 11 is 0. The number of hydrogen-bond acceptors (Lipinski definition) is 13. The van der Waals surface area contributed by atoms with Gasteiger partial charge in [0, 0.05) is 88.3 Å². The van der Waals surface area contributed by atoms with E-state index in [1.807, 2.05) is 142 Å². The summed E-state index contributed by atoms with van der Waals surface area (Å²) in [7, 11) is 3.25. The average molecular weight is 1290 g/mol. The SMILES string of the molecule is CC.CC.CC.CC.CC#CC.CCC.CCC.COC.O=C1CCC(N2Cc3ccccc3C2=O)C(=O)N1.O=C1CCC(N2Cc3ccccc3C2=O)C(=O)N1.O=C1CCC(N2Cc3ccccc3C2=O)C(=O)N1.O=C1CCC(N2Cc3ccccc3C2=O)C(=O)N1. The highest BCUT2D eigenvalue weighted by molar-refractivity contribution is 6.08. The van der Waals surface area contributed by atoms with E-state index < -0.39 is 24.2 Å². The quantitative estimate of drug-likeness (QED) is 0.109. The van der Waals surface area contributed by atoms with Gasteiger partial charge in [-0.2, -0.15) is 0 Å². The molecule has 12 amide bonds. The van der Waals surface area contributed by atoms with Crippen LogP contribution in [0.4, 0.5) is 0 Å². The van der Waals surface area contributed by atoms with Crippen LogP contribution < -0.4 is 21.3 Å². The van der Waals surface area contributed by atoms with Gasteiger partial charge in [-0.05, 0) is 86.1 Å². The van der Waals surface area contributed by atoms with Gasteiger partial charge in [0.15, 0.2) is 0 Å². The van der Waals surface area contributed by atoms with Crippen molar-refractivity contribution in [3.05, 3.63) is 142 Å². The van der Waals surface area contributed by atoms with Crippen molar-refractivity contribution in [2.75, 3.05) is 14.2 Å². The number of rotatable bonds is 4. The molecular weight excluding hydrogens is 1180 g/mol. The summed E-state index contributed by atoms with van der Waals surface area (Å²) in [6.45, 7) is 29.9. The van der Waals surface area contributed by atoms with Crippen LogP contribution in [-0.4, -0.2) is 129 Å². The van der Waals surface area contributed by atoms with E-state index >= 15 is 0 Å². The molecule has 4 fully saturated rings. The number of hydrogen-bond donors (Lipinski definition) is 4. The van der Waals surface area contributed by atoms with Crippen LogP contribution in [0.1, 0.15) is 225 Å². The maximum absolute atomic E-state index is 12.2. The summed E-state index contributed by atoms with van der Waals surface area (Å²) in [6, 6.07) is 27.3. The Hall–Kier alpha value is -9.16. The van der Waals surface area contributed by atoms with Crippen LogP contribution in [0.3, 0.4) is 0 Å². The molecule has 0 bridgehead atoms. The van der Waals surface area contributed by atoms with E-state index in [4.69, 9.17) is 0 Å². The van der Waals surface area contributed by atoms with Gasteiger partial charge in [-0.3, -0.25) is 78.8 Å². The number of amides is 12. The highest BCUT2D eigenvalue weighted by Crippen LogP contribution is 2.31. The van der Waals surface area contributed by atoms with Gasteiger partial charge in [0.25, 0.3) is 23.6 Å². The molecule has 21 nitrogen and oxygen atoms in total. The largest absolute Gasteiger partial charge is 0.388 e. The molecule has 93 heavy (non-hydrogen) atoms. The minimum atomic E-state index is -0.525. The molecule has 4 unspecified atom stereocenters. The van der Waals surface area contributed by atoms with Crippen molar-refractivity contribution in [3.63, 3.8) is 0 Å². The predicted octanol–water partition coefficient (Wildman–Crippen LogP) is 10.0. The zero-order chi connectivity index (χ0) is 70.3. The first kappa shape index (κ1) is 81.9. The molecule has 12 rings (SSSR count). The third kappa shape index (κ3) is 23.5. The van der Waals surface area contributed by atoms with Crippen molar-refractivity contribution < 1.29 is 62.3 Å². The predicted molar refractivity (Wildman–Crippen MR) is 359 cm³/mol. The van der Waals surface area contributed by atoms with Crippen molar-refractivity contribution >= 4 is 70.9 Å². The van der Waals surface area contributed by atoms with E-state index in [1.165, 1.54) is 12.8 Å². The Morgan fingerprint density at radius 2 is 0.505 bits per heavy atom. The van der Waals surface area contributed by atoms with E-state index in [-0.39, 0.29) is 96.6 Å². The monoisotopic (exact) mass is 1280 g/mol. The van der Waals surface area contributed by atoms with Crippen LogP contribution in [0.15, 0.2) is 97.1 Å². The van der Waals surface area contributed by atoms with Gasteiger partial charge < -0.3 is 24.3 Å². The average Bonchev–Trinajstić information content (AvgIpc) is 1.72. The second-order valence-corrected chi connectivity index (χ2v) is 20.6. The number of piperidine rings is 4. The fraction of sp³-hybridized carbons (Fsp3) is 0.472. The van der Waals surface area contributed by atoms with Crippen molar-refractivity contribution in [2.45, 2.75) is 211 Å². The van der Waals surface area contributed by atoms with Gasteiger partial charge in [-0.25, -0.2) is 0 Å². The molecule has 4 saturated heterocycles. The van der Waals surface area contributed by atoms with Gasteiger partial charge in [0.2, 0.25) is 47.3 Å². The molecule has 4 aromatic rings. The van der Waals surface area contributed by atoms with Crippen molar-refractivity contribution in [1.29, 1.82) is 0 Å². The number of fused-ring (bicyclic) bond motifs is 4. The molecule has 4 aromatic carbocycles. The molecule has 21 heteroatoms. The maximum Gasteiger partial charge on any atom is 0.255 e. The lowest BCUT2D eigenvalue weighted by Crippen LogP contribution is -2.52. The number of ether oxygens (including phenoxy) is 1. The highest BCUT2D eigenvalue weighted by atomic mass is 16.4. The lowest BCUT2D eigenvalue weighted by molar-refractivity contribution is -0.138. The van der Waals surface area contributed by atoms with Crippen LogP contribution >= 0.6 is 0 Å². The molecule has 0 aliphatic carbocycles. The minimum absolute atomic E-state index is 0.125. The first-order valence-corrected chi connectivity index (χ1v) is 32.5. The van der Waals surface area contributed by atoms with Crippen LogP contribution in [0, 0.1) is 11.8 Å². The summed E-state index contributed by atoms with van der Waals surface area (Å²) in [4.78, 5) is 146. The van der Waals surface area contributed by atoms with Gasteiger partial charge in [0.05, 0.1) is 0 Å². The topological polar surface area (TPSA) is 275 Å². The molecule has 8 aliphatic heterocycles. The number of imide groups is 4. The Kier molecular flexibility index (Phi) is 39.0. The minimum Gasteiger partial charge on any atom is -0.388 e. The molecule has 0 radical (unpaired) electrons. The van der Waals surface area contributed by atoms with Crippen LogP contribution in [-0.2, 0) is 69.3 Å². The van der Waals surface area contributed by atoms with E-state index in [2.05, 4.69) is 65.5 Å². The standard InChI is InChI=1S/4C13H12N2O3.C4H6.2C3H8.C2H6O.4C2H6/c4*16-11-6-5-10(12(17)14-11)15-7-8-3-1-2-4-9(8)13(15)18;1-3-4-2;3*1-3-2;4*1-2/h4*1-4,10H,5-7H2,(H,14,16,17);1-2H3;2*3H2,1-2H3;1-2H3;4*1-2H3. The molecule has 4 atom stereocenters. The molecule has 0 spiro atoms. The molecule has 8 aliphatic rings. The smallest absolute Gasteiger partial charge is 0.255 e. The lowest BCUT2D eigenvalue weighted by atomic mass is 10.0. The first-order chi connectivity index (χ1) is 44.8. The molecule has 0 aromatic heterocycles. The summed E-state index contributed by atoms with van der Waals surface area (Å²) in [5.41, 5.74) is 6.37. The molecule has 0 saturated carbocycles. The second kappa shape index (κ2) is 44.4. The van der Waals surface area contributed by atoms with Crippen LogP contribution in [0.2, 0.25) is 0 Å². The highest BCUT2D eigenvalue weighted by Gasteiger charge is 2.42. The Labute approximate surface area is 550 Å². The summed E-state index contributed by atoms with van der Waals surface area (Å²) < 4.78 is 4.25. The molecular formula is C72H100N8O13. The van der Waals surface area contributed by atoms with Gasteiger partial charge in [0.1, 0.15) is 24.2 Å². The van der Waals surface area contributed by atoms with Gasteiger partial charge >= 0.3 is 0 Å². The van der Waals surface area contributed by atoms with E-state index in [0.717, 1.165) is 22.3 Å². The number of benzene rings is 4. The maximum atomic E-state index is 12.2. The number of carbonyl (C=O) groups excluding carboxylic acids is 12. The lowest BCUT2D eigenvalue weighted by Gasteiger charge is -2.29. The van der Waals surface area contributed by atoms with Gasteiger partial charge in [-0.1, -0.05) is 169 Å². The summed E-state index contributed by atoms with van der Waals surface area (Å²) in [5.74, 6) is 2.33. The summed E-state index contributed by atoms with van der Waals surface area (Å²) in [5, 5.41) is 9.13. The third-order valence-corrected chi connectivity index (χ3v) is 14.0. The molecule has 506 valence electrons.